The molecule has 0 unspecified atom stereocenters. The van der Waals surface area contributed by atoms with Gasteiger partial charge in [-0.1, -0.05) is 62.1 Å². The monoisotopic (exact) mass is 461 g/mol. The summed E-state index contributed by atoms with van der Waals surface area (Å²) in [5, 5.41) is 2.77. The van der Waals surface area contributed by atoms with E-state index in [1.807, 2.05) is 0 Å². The summed E-state index contributed by atoms with van der Waals surface area (Å²) in [6.45, 7) is 2.23. The van der Waals surface area contributed by atoms with Gasteiger partial charge in [-0.05, 0) is 36.3 Å². The van der Waals surface area contributed by atoms with Crippen LogP contribution in [-0.4, -0.2) is 0 Å². The maximum absolute atomic E-state index is 4.93. The topological polar surface area (TPSA) is 0 Å². The SMILES string of the molecule is CCc1cc2c(-c3ccc(C4CCCCC4)cc3)cccc2[cH-]1.[Cl][Zr][Cl]. The van der Waals surface area contributed by atoms with Crippen LogP contribution in [0.25, 0.3) is 21.9 Å². The predicted octanol–water partition coefficient (Wildman–Crippen LogP) is 8.21. The van der Waals surface area contributed by atoms with E-state index in [4.69, 9.17) is 17.0 Å². The number of rotatable bonds is 3. The summed E-state index contributed by atoms with van der Waals surface area (Å²) in [5.74, 6) is 0.791. The van der Waals surface area contributed by atoms with Crippen molar-refractivity contribution in [3.05, 3.63) is 65.7 Å². The van der Waals surface area contributed by atoms with Crippen molar-refractivity contribution < 1.29 is 20.8 Å². The normalized spacial score (nSPS) is 14.7. The zero-order valence-corrected chi connectivity index (χ0v) is 19.2. The minimum absolute atomic E-state index is 0.791. The van der Waals surface area contributed by atoms with Crippen molar-refractivity contribution in [1.82, 2.24) is 0 Å². The fraction of sp³-hybridized carbons (Fsp3) is 0.348. The Morgan fingerprint density at radius 1 is 1.00 bits per heavy atom. The zero-order valence-electron chi connectivity index (χ0n) is 15.3. The van der Waals surface area contributed by atoms with Crippen LogP contribution in [0.15, 0.2) is 54.6 Å². The number of hydrogen-bond donors (Lipinski definition) is 0. The average Bonchev–Trinajstić information content (AvgIpc) is 3.13. The molecule has 1 saturated carbocycles. The molecule has 1 aliphatic rings. The van der Waals surface area contributed by atoms with E-state index in [0.29, 0.717) is 0 Å². The molecule has 26 heavy (non-hydrogen) atoms. The summed E-state index contributed by atoms with van der Waals surface area (Å²) in [6.07, 6.45) is 8.08. The Morgan fingerprint density at radius 3 is 2.35 bits per heavy atom. The first kappa shape index (κ1) is 20.3. The summed E-state index contributed by atoms with van der Waals surface area (Å²) in [6, 6.07) is 20.8. The van der Waals surface area contributed by atoms with Gasteiger partial charge in [0.1, 0.15) is 0 Å². The Kier molecular flexibility index (Phi) is 7.92. The first-order valence-corrected chi connectivity index (χ1v) is 15.8. The van der Waals surface area contributed by atoms with Crippen LogP contribution in [0.3, 0.4) is 0 Å². The second kappa shape index (κ2) is 10.2. The van der Waals surface area contributed by atoms with E-state index in [-0.39, 0.29) is 0 Å². The third-order valence-corrected chi connectivity index (χ3v) is 5.52. The van der Waals surface area contributed by atoms with E-state index in [9.17, 15) is 0 Å². The summed E-state index contributed by atoms with van der Waals surface area (Å²) in [7, 11) is 9.87. The number of fused-ring (bicyclic) bond motifs is 1. The van der Waals surface area contributed by atoms with Gasteiger partial charge in [0.2, 0.25) is 0 Å². The van der Waals surface area contributed by atoms with Crippen LogP contribution in [0.2, 0.25) is 0 Å². The molecule has 3 aromatic carbocycles. The van der Waals surface area contributed by atoms with Gasteiger partial charge in [-0.2, -0.15) is 6.07 Å². The molecular weight excluding hydrogens is 438 g/mol. The van der Waals surface area contributed by atoms with Crippen molar-refractivity contribution >= 4 is 27.8 Å². The molecule has 3 aromatic rings. The first-order chi connectivity index (χ1) is 12.8. The Hall–Kier alpha value is -0.487. The maximum atomic E-state index is 4.93. The van der Waals surface area contributed by atoms with Crippen molar-refractivity contribution in [2.75, 3.05) is 0 Å². The van der Waals surface area contributed by atoms with Crippen LogP contribution in [-0.2, 0) is 27.3 Å². The molecule has 0 atom stereocenters. The number of halogens is 2. The van der Waals surface area contributed by atoms with Crippen LogP contribution >= 0.6 is 17.0 Å². The summed E-state index contributed by atoms with van der Waals surface area (Å²) < 4.78 is 0. The van der Waals surface area contributed by atoms with E-state index in [2.05, 4.69) is 61.5 Å². The average molecular weight is 464 g/mol. The van der Waals surface area contributed by atoms with Crippen LogP contribution in [0.5, 0.6) is 0 Å². The van der Waals surface area contributed by atoms with Crippen molar-refractivity contribution in [2.45, 2.75) is 51.4 Å². The molecule has 0 aliphatic heterocycles. The molecule has 0 bridgehead atoms. The van der Waals surface area contributed by atoms with E-state index in [0.717, 1.165) is 12.3 Å². The van der Waals surface area contributed by atoms with E-state index >= 15 is 0 Å². The second-order valence-electron chi connectivity index (χ2n) is 7.05. The fourth-order valence-corrected chi connectivity index (χ4v) is 4.12. The van der Waals surface area contributed by atoms with Crippen LogP contribution in [0.1, 0.15) is 56.1 Å². The Bertz CT molecular complexity index is 814. The number of hydrogen-bond acceptors (Lipinski definition) is 0. The molecule has 1 aliphatic carbocycles. The third-order valence-electron chi connectivity index (χ3n) is 5.52. The van der Waals surface area contributed by atoms with Gasteiger partial charge in [-0.25, -0.2) is 0 Å². The van der Waals surface area contributed by atoms with Crippen molar-refractivity contribution in [1.29, 1.82) is 0 Å². The summed E-state index contributed by atoms with van der Waals surface area (Å²) >= 11 is -0.826. The van der Waals surface area contributed by atoms with Gasteiger partial charge >= 0.3 is 37.9 Å². The van der Waals surface area contributed by atoms with Gasteiger partial charge in [0.25, 0.3) is 0 Å². The molecule has 1 fully saturated rings. The number of aryl methyl sites for hydroxylation is 1. The molecule has 0 amide bonds. The summed E-state index contributed by atoms with van der Waals surface area (Å²) in [4.78, 5) is 0. The van der Waals surface area contributed by atoms with Crippen LogP contribution in [0, 0.1) is 0 Å². The molecule has 3 heteroatoms. The predicted molar refractivity (Wildman–Crippen MR) is 112 cm³/mol. The van der Waals surface area contributed by atoms with Gasteiger partial charge in [0.15, 0.2) is 0 Å². The van der Waals surface area contributed by atoms with Crippen molar-refractivity contribution in [3.8, 4) is 11.1 Å². The molecule has 136 valence electrons. The van der Waals surface area contributed by atoms with Crippen LogP contribution < -0.4 is 0 Å². The van der Waals surface area contributed by atoms with E-state index in [1.54, 1.807) is 0 Å². The Morgan fingerprint density at radius 2 is 1.69 bits per heavy atom. The van der Waals surface area contributed by atoms with Gasteiger partial charge < -0.3 is 0 Å². The molecule has 0 nitrogen and oxygen atoms in total. The second-order valence-corrected chi connectivity index (χ2v) is 10.8. The van der Waals surface area contributed by atoms with Crippen molar-refractivity contribution in [2.24, 2.45) is 0 Å². The Balaban J connectivity index is 0.000000613. The third kappa shape index (κ3) is 4.86. The van der Waals surface area contributed by atoms with Gasteiger partial charge in [-0.3, -0.25) is 0 Å². The molecular formula is C23H25Cl2Zr-. The molecule has 0 radical (unpaired) electrons. The molecule has 0 aromatic heterocycles. The van der Waals surface area contributed by atoms with Gasteiger partial charge in [0.05, 0.1) is 0 Å². The fourth-order valence-electron chi connectivity index (χ4n) is 4.12. The van der Waals surface area contributed by atoms with Gasteiger partial charge in [0, 0.05) is 0 Å². The summed E-state index contributed by atoms with van der Waals surface area (Å²) in [5.41, 5.74) is 5.70. The van der Waals surface area contributed by atoms with Crippen LogP contribution in [0.4, 0.5) is 0 Å². The van der Waals surface area contributed by atoms with Gasteiger partial charge in [-0.15, -0.1) is 34.5 Å². The Labute approximate surface area is 175 Å². The standard InChI is InChI=1S/C23H25.2ClH.Zr/c1-2-17-15-21-9-6-10-22(23(21)16-17)20-13-11-19(12-14-20)18-7-4-3-5-8-18;;;/h6,9-16,18H,2-5,7-8H2,1H3;2*1H;/q-1;;;+2/p-2. The molecule has 0 heterocycles. The van der Waals surface area contributed by atoms with Crippen molar-refractivity contribution in [3.63, 3.8) is 0 Å². The van der Waals surface area contributed by atoms with E-state index < -0.39 is 20.8 Å². The minimum atomic E-state index is -0.826. The quantitative estimate of drug-likeness (QED) is 0.343. The zero-order chi connectivity index (χ0) is 18.4. The molecule has 0 saturated heterocycles. The molecule has 0 spiro atoms. The number of benzene rings is 2. The molecule has 0 N–H and O–H groups in total. The van der Waals surface area contributed by atoms with E-state index in [1.165, 1.54) is 65.1 Å². The molecule has 4 rings (SSSR count). The first-order valence-electron chi connectivity index (χ1n) is 9.51.